The summed E-state index contributed by atoms with van der Waals surface area (Å²) in [5, 5.41) is 5.20. The molecule has 24 heavy (non-hydrogen) atoms. The van der Waals surface area contributed by atoms with E-state index in [2.05, 4.69) is 35.6 Å². The second kappa shape index (κ2) is 6.91. The molecule has 0 radical (unpaired) electrons. The van der Waals surface area contributed by atoms with Crippen molar-refractivity contribution in [2.75, 3.05) is 25.1 Å². The maximum atomic E-state index is 12.1. The van der Waals surface area contributed by atoms with Gasteiger partial charge in [-0.3, -0.25) is 9.69 Å². The Balaban J connectivity index is 1.54. The molecule has 1 heterocycles. The highest BCUT2D eigenvalue weighted by Crippen LogP contribution is 2.16. The summed E-state index contributed by atoms with van der Waals surface area (Å²) >= 11 is 0. The lowest BCUT2D eigenvalue weighted by molar-refractivity contribution is -0.122. The Labute approximate surface area is 142 Å². The minimum Gasteiger partial charge on any atom is -0.351 e. The van der Waals surface area contributed by atoms with E-state index in [-0.39, 0.29) is 30.0 Å². The third-order valence-electron chi connectivity index (χ3n) is 4.28. The number of hydrogen-bond donors (Lipinski definition) is 1. The van der Waals surface area contributed by atoms with Gasteiger partial charge in [0.1, 0.15) is 0 Å². The van der Waals surface area contributed by atoms with Crippen molar-refractivity contribution < 1.29 is 13.2 Å². The number of nitrogens with zero attached hydrogens (tertiary/aromatic N) is 1. The highest BCUT2D eigenvalue weighted by molar-refractivity contribution is 7.91. The molecule has 0 aliphatic carbocycles. The van der Waals surface area contributed by atoms with Crippen molar-refractivity contribution in [3.8, 4) is 0 Å². The smallest absolute Gasteiger partial charge is 0.234 e. The van der Waals surface area contributed by atoms with Gasteiger partial charge in [-0.2, -0.15) is 0 Å². The van der Waals surface area contributed by atoms with Crippen LogP contribution in [0, 0.1) is 0 Å². The average Bonchev–Trinajstić information content (AvgIpc) is 2.85. The molecule has 0 aromatic heterocycles. The van der Waals surface area contributed by atoms with Gasteiger partial charge >= 0.3 is 0 Å². The van der Waals surface area contributed by atoms with Gasteiger partial charge in [0.25, 0.3) is 0 Å². The molecule has 1 aliphatic heterocycles. The van der Waals surface area contributed by atoms with E-state index in [1.54, 1.807) is 0 Å². The van der Waals surface area contributed by atoms with Crippen LogP contribution in [0.5, 0.6) is 0 Å². The van der Waals surface area contributed by atoms with Crippen LogP contribution in [-0.2, 0) is 21.2 Å². The maximum Gasteiger partial charge on any atom is 0.234 e. The van der Waals surface area contributed by atoms with Crippen molar-refractivity contribution in [2.24, 2.45) is 0 Å². The first-order valence-electron chi connectivity index (χ1n) is 8.07. The first-order valence-corrected chi connectivity index (χ1v) is 9.89. The molecular formula is C18H22N2O3S. The molecular weight excluding hydrogens is 324 g/mol. The fourth-order valence-corrected chi connectivity index (χ4v) is 4.81. The Morgan fingerprint density at radius 1 is 1.21 bits per heavy atom. The molecule has 2 aromatic carbocycles. The van der Waals surface area contributed by atoms with Crippen LogP contribution < -0.4 is 5.32 Å². The van der Waals surface area contributed by atoms with E-state index in [0.717, 1.165) is 5.56 Å². The minimum atomic E-state index is -2.97. The van der Waals surface area contributed by atoms with Crippen LogP contribution >= 0.6 is 0 Å². The Bertz CT molecular complexity index is 848. The summed E-state index contributed by atoms with van der Waals surface area (Å²) in [6.45, 7) is 0.921. The van der Waals surface area contributed by atoms with Crippen molar-refractivity contribution >= 4 is 26.5 Å². The second-order valence-corrected chi connectivity index (χ2v) is 8.75. The van der Waals surface area contributed by atoms with Crippen LogP contribution in [0.2, 0.25) is 0 Å². The zero-order valence-electron chi connectivity index (χ0n) is 13.7. The van der Waals surface area contributed by atoms with Gasteiger partial charge in [0.15, 0.2) is 9.84 Å². The van der Waals surface area contributed by atoms with Crippen molar-refractivity contribution in [1.82, 2.24) is 10.2 Å². The van der Waals surface area contributed by atoms with E-state index < -0.39 is 9.84 Å². The molecule has 1 amide bonds. The van der Waals surface area contributed by atoms with E-state index in [1.807, 2.05) is 24.1 Å². The van der Waals surface area contributed by atoms with E-state index >= 15 is 0 Å². The molecule has 1 atom stereocenters. The molecule has 1 saturated heterocycles. The number of hydrogen-bond acceptors (Lipinski definition) is 4. The van der Waals surface area contributed by atoms with E-state index in [4.69, 9.17) is 0 Å². The third kappa shape index (κ3) is 4.33. The molecule has 1 fully saturated rings. The summed E-state index contributed by atoms with van der Waals surface area (Å²) in [6.07, 6.45) is 0.516. The molecule has 2 aromatic rings. The van der Waals surface area contributed by atoms with Crippen LogP contribution in [0.15, 0.2) is 42.5 Å². The Kier molecular flexibility index (Phi) is 4.87. The Morgan fingerprint density at radius 3 is 2.67 bits per heavy atom. The predicted molar refractivity (Wildman–Crippen MR) is 95.5 cm³/mol. The molecule has 0 saturated carbocycles. The number of likely N-dealkylation sites (N-methyl/N-ethyl adjacent to an activating group) is 1. The van der Waals surface area contributed by atoms with Crippen molar-refractivity contribution in [3.63, 3.8) is 0 Å². The number of nitrogens with one attached hydrogen (secondary N) is 1. The topological polar surface area (TPSA) is 66.5 Å². The number of rotatable bonds is 5. The van der Waals surface area contributed by atoms with Crippen molar-refractivity contribution in [3.05, 3.63) is 48.0 Å². The SMILES string of the molecule is CN(CC(=O)N[C@H]1CCS(=O)(=O)C1)Cc1ccc2ccccc2c1. The normalized spacial score (nSPS) is 19.7. The summed E-state index contributed by atoms with van der Waals surface area (Å²) in [4.78, 5) is 14.0. The fraction of sp³-hybridized carbons (Fsp3) is 0.389. The summed E-state index contributed by atoms with van der Waals surface area (Å²) < 4.78 is 22.9. The van der Waals surface area contributed by atoms with Crippen LogP contribution in [0.1, 0.15) is 12.0 Å². The number of amides is 1. The highest BCUT2D eigenvalue weighted by atomic mass is 32.2. The zero-order valence-corrected chi connectivity index (χ0v) is 14.6. The second-order valence-electron chi connectivity index (χ2n) is 6.52. The van der Waals surface area contributed by atoms with E-state index in [9.17, 15) is 13.2 Å². The molecule has 0 unspecified atom stereocenters. The molecule has 1 aliphatic rings. The lowest BCUT2D eigenvalue weighted by Gasteiger charge is -2.18. The summed E-state index contributed by atoms with van der Waals surface area (Å²) in [5.41, 5.74) is 1.15. The standard InChI is InChI=1S/C18H22N2O3S/c1-20(12-18(21)19-17-8-9-24(22,23)13-17)11-14-6-7-15-4-2-3-5-16(15)10-14/h2-7,10,17H,8-9,11-13H2,1H3,(H,19,21)/t17-/m0/s1. The summed E-state index contributed by atoms with van der Waals surface area (Å²) in [7, 11) is -1.08. The molecule has 128 valence electrons. The predicted octanol–water partition coefficient (Wildman–Crippen LogP) is 1.57. The van der Waals surface area contributed by atoms with Gasteiger partial charge in [-0.1, -0.05) is 36.4 Å². The summed E-state index contributed by atoms with van der Waals surface area (Å²) in [6, 6.07) is 14.2. The van der Waals surface area contributed by atoms with Crippen molar-refractivity contribution in [2.45, 2.75) is 19.0 Å². The third-order valence-corrected chi connectivity index (χ3v) is 6.05. The first-order chi connectivity index (χ1) is 11.4. The fourth-order valence-electron chi connectivity index (χ4n) is 3.13. The number of benzene rings is 2. The van der Waals surface area contributed by atoms with Gasteiger partial charge in [-0.15, -0.1) is 0 Å². The molecule has 6 heteroatoms. The number of carbonyl (C=O) groups is 1. The first kappa shape index (κ1) is 16.9. The molecule has 3 rings (SSSR count). The quantitative estimate of drug-likeness (QED) is 0.893. The summed E-state index contributed by atoms with van der Waals surface area (Å²) in [5.74, 6) is 0.109. The van der Waals surface area contributed by atoms with Crippen LogP contribution in [0.4, 0.5) is 0 Å². The number of fused-ring (bicyclic) bond motifs is 1. The van der Waals surface area contributed by atoms with Gasteiger partial charge in [0.2, 0.25) is 5.91 Å². The van der Waals surface area contributed by atoms with Crippen molar-refractivity contribution in [1.29, 1.82) is 0 Å². The van der Waals surface area contributed by atoms with E-state index in [0.29, 0.717) is 13.0 Å². The molecule has 0 bridgehead atoms. The Hall–Kier alpha value is -1.92. The van der Waals surface area contributed by atoms with Gasteiger partial charge in [-0.25, -0.2) is 8.42 Å². The lowest BCUT2D eigenvalue weighted by atomic mass is 10.1. The highest BCUT2D eigenvalue weighted by Gasteiger charge is 2.28. The van der Waals surface area contributed by atoms with Gasteiger partial charge in [-0.05, 0) is 35.9 Å². The minimum absolute atomic E-state index is 0.0626. The average molecular weight is 346 g/mol. The van der Waals surface area contributed by atoms with E-state index in [1.165, 1.54) is 10.8 Å². The molecule has 0 spiro atoms. The van der Waals surface area contributed by atoms with Crippen LogP contribution in [-0.4, -0.2) is 50.4 Å². The number of carbonyl (C=O) groups excluding carboxylic acids is 1. The van der Waals surface area contributed by atoms with Crippen LogP contribution in [0.3, 0.4) is 0 Å². The largest absolute Gasteiger partial charge is 0.351 e. The monoisotopic (exact) mass is 346 g/mol. The molecule has 1 N–H and O–H groups in total. The van der Waals surface area contributed by atoms with Crippen LogP contribution in [0.25, 0.3) is 10.8 Å². The van der Waals surface area contributed by atoms with Gasteiger partial charge < -0.3 is 5.32 Å². The lowest BCUT2D eigenvalue weighted by Crippen LogP contribution is -2.41. The zero-order chi connectivity index (χ0) is 17.2. The van der Waals surface area contributed by atoms with Gasteiger partial charge in [0, 0.05) is 12.6 Å². The Morgan fingerprint density at radius 2 is 1.96 bits per heavy atom. The molecule has 5 nitrogen and oxygen atoms in total. The number of sulfone groups is 1. The van der Waals surface area contributed by atoms with Gasteiger partial charge in [0.05, 0.1) is 18.1 Å². The maximum absolute atomic E-state index is 12.1.